The molecule has 8 heteroatoms. The summed E-state index contributed by atoms with van der Waals surface area (Å²) in [5.74, 6) is 1.55. The third-order valence-electron chi connectivity index (χ3n) is 19.3. The SMILES string of the molecule is CC1(C)C2CC[C@]3(C)C(CC[C@@H]4C5CCCC5(C(=O)N5CCCC5c5ncc(-c6ccccc6)[nH]5)CC[C@]43C)[C@@]2(C)CC[C@@H]1OC(=O)[C@H]1C[C@@H](C(=O)O)C1(C)C. The topological polar surface area (TPSA) is 113 Å². The molecule has 1 aromatic carbocycles. The van der Waals surface area contributed by atoms with Crippen LogP contribution in [0.1, 0.15) is 150 Å². The Kier molecular flexibility index (Phi) is 8.85. The number of nitrogens with zero attached hydrogens (tertiary/aromatic N) is 2. The number of hydrogen-bond donors (Lipinski definition) is 2. The molecule has 0 radical (unpaired) electrons. The number of fused-ring (bicyclic) bond motifs is 7. The first-order chi connectivity index (χ1) is 26.5. The van der Waals surface area contributed by atoms with Crippen LogP contribution in [0.2, 0.25) is 0 Å². The number of nitrogens with one attached hydrogen (secondary N) is 1. The molecule has 8 nitrogen and oxygen atoms in total. The quantitative estimate of drug-likeness (QED) is 0.283. The predicted molar refractivity (Wildman–Crippen MR) is 216 cm³/mol. The minimum atomic E-state index is -0.812. The zero-order valence-corrected chi connectivity index (χ0v) is 35.2. The molecule has 1 saturated heterocycles. The molecule has 1 aromatic heterocycles. The number of esters is 1. The summed E-state index contributed by atoms with van der Waals surface area (Å²) in [6.45, 7) is 17.2. The van der Waals surface area contributed by atoms with Gasteiger partial charge >= 0.3 is 11.9 Å². The second-order valence-electron chi connectivity index (χ2n) is 21.8. The van der Waals surface area contributed by atoms with Crippen molar-refractivity contribution in [2.75, 3.05) is 6.54 Å². The monoisotopic (exact) mass is 766 g/mol. The van der Waals surface area contributed by atoms with E-state index in [0.717, 1.165) is 81.4 Å². The number of carboxylic acids is 1. The van der Waals surface area contributed by atoms with E-state index in [-0.39, 0.29) is 51.1 Å². The number of carbonyl (C=O) groups excluding carboxylic acids is 2. The van der Waals surface area contributed by atoms with Gasteiger partial charge in [-0.1, -0.05) is 85.2 Å². The molecule has 56 heavy (non-hydrogen) atoms. The van der Waals surface area contributed by atoms with Crippen LogP contribution in [0.5, 0.6) is 0 Å². The maximum absolute atomic E-state index is 15.2. The number of H-pyrrole nitrogens is 1. The Labute approximate surface area is 334 Å². The maximum Gasteiger partial charge on any atom is 0.309 e. The summed E-state index contributed by atoms with van der Waals surface area (Å²) in [6.07, 6.45) is 16.4. The van der Waals surface area contributed by atoms with Crippen molar-refractivity contribution in [3.8, 4) is 11.3 Å². The van der Waals surface area contributed by atoms with E-state index >= 15 is 4.79 Å². The van der Waals surface area contributed by atoms with Crippen LogP contribution < -0.4 is 0 Å². The molecule has 5 unspecified atom stereocenters. The Morgan fingerprint density at radius 3 is 2.27 bits per heavy atom. The molecule has 2 heterocycles. The van der Waals surface area contributed by atoms with Crippen molar-refractivity contribution in [1.82, 2.24) is 14.9 Å². The Morgan fingerprint density at radius 2 is 1.54 bits per heavy atom. The van der Waals surface area contributed by atoms with E-state index in [1.165, 1.54) is 25.7 Å². The highest BCUT2D eigenvalue weighted by Gasteiger charge is 2.71. The number of hydrogen-bond acceptors (Lipinski definition) is 5. The number of imidazole rings is 1. The van der Waals surface area contributed by atoms with Crippen molar-refractivity contribution in [3.05, 3.63) is 42.4 Å². The molecular formula is C48H67N3O5. The number of ether oxygens (including phenoxy) is 1. The fourth-order valence-corrected chi connectivity index (χ4v) is 15.9. The highest BCUT2D eigenvalue weighted by atomic mass is 16.5. The lowest BCUT2D eigenvalue weighted by Gasteiger charge is -2.72. The van der Waals surface area contributed by atoms with E-state index < -0.39 is 17.3 Å². The second-order valence-corrected chi connectivity index (χ2v) is 21.8. The molecule has 6 aliphatic carbocycles. The minimum Gasteiger partial charge on any atom is -0.481 e. The number of aliphatic carboxylic acids is 1. The number of aromatic amines is 1. The smallest absolute Gasteiger partial charge is 0.309 e. The molecule has 7 fully saturated rings. The van der Waals surface area contributed by atoms with Crippen LogP contribution in [0.4, 0.5) is 0 Å². The molecule has 12 atom stereocenters. The van der Waals surface area contributed by atoms with Crippen LogP contribution in [0, 0.1) is 68.0 Å². The molecule has 2 aromatic rings. The van der Waals surface area contributed by atoms with Crippen LogP contribution in [0.15, 0.2) is 36.5 Å². The molecule has 2 N–H and O–H groups in total. The van der Waals surface area contributed by atoms with Crippen LogP contribution in [-0.4, -0.2) is 50.5 Å². The summed E-state index contributed by atoms with van der Waals surface area (Å²) in [4.78, 5) is 51.3. The summed E-state index contributed by atoms with van der Waals surface area (Å²) in [7, 11) is 0. The van der Waals surface area contributed by atoms with Crippen molar-refractivity contribution < 1.29 is 24.2 Å². The van der Waals surface area contributed by atoms with E-state index in [0.29, 0.717) is 36.0 Å². The number of aromatic nitrogens is 2. The Hall–Kier alpha value is -3.16. The summed E-state index contributed by atoms with van der Waals surface area (Å²) in [5.41, 5.74) is 1.67. The first-order valence-electron chi connectivity index (χ1n) is 22.3. The highest BCUT2D eigenvalue weighted by Crippen LogP contribution is 2.77. The van der Waals surface area contributed by atoms with Crippen molar-refractivity contribution in [1.29, 1.82) is 0 Å². The zero-order chi connectivity index (χ0) is 39.6. The summed E-state index contributed by atoms with van der Waals surface area (Å²) in [5, 5.41) is 9.67. The number of carbonyl (C=O) groups is 3. The molecule has 7 aliphatic rings. The molecule has 1 amide bonds. The van der Waals surface area contributed by atoms with Crippen molar-refractivity contribution in [3.63, 3.8) is 0 Å². The van der Waals surface area contributed by atoms with Crippen molar-refractivity contribution in [2.45, 2.75) is 151 Å². The third-order valence-corrected chi connectivity index (χ3v) is 19.3. The first-order valence-corrected chi connectivity index (χ1v) is 22.3. The molecule has 304 valence electrons. The van der Waals surface area contributed by atoms with Gasteiger partial charge in [-0.15, -0.1) is 0 Å². The number of benzene rings is 1. The van der Waals surface area contributed by atoms with E-state index in [1.54, 1.807) is 0 Å². The zero-order valence-electron chi connectivity index (χ0n) is 35.2. The Morgan fingerprint density at radius 1 is 0.768 bits per heavy atom. The standard InChI is InChI=1S/C48H67N3O5/c1-43(2)32(40(52)53)27-33(43)41(54)56-38-20-22-45(5)36(44(38,3)4)19-23-47(7)37(45)18-17-30-31-15-11-21-48(31,25-24-46(30,47)6)42(55)51-26-12-16-35(51)39-49-28-34(50-39)29-13-9-8-10-14-29/h8-10,13-14,28,30-33,35-38H,11-12,15-27H2,1-7H3,(H,49,50)(H,52,53)/t30-,31?,32+,33-,35?,36?,37?,38+,45+,46-,47-,48?/m1/s1. The second kappa shape index (κ2) is 12.9. The summed E-state index contributed by atoms with van der Waals surface area (Å²) >= 11 is 0. The van der Waals surface area contributed by atoms with Gasteiger partial charge in [0, 0.05) is 12.0 Å². The van der Waals surface area contributed by atoms with Crippen molar-refractivity contribution in [2.24, 2.45) is 68.0 Å². The summed E-state index contributed by atoms with van der Waals surface area (Å²) in [6, 6.07) is 10.4. The van der Waals surface area contributed by atoms with Crippen LogP contribution in [-0.2, 0) is 19.1 Å². The number of amides is 1. The molecule has 1 aliphatic heterocycles. The van der Waals surface area contributed by atoms with Gasteiger partial charge in [0.2, 0.25) is 5.91 Å². The van der Waals surface area contributed by atoms with Gasteiger partial charge in [-0.3, -0.25) is 14.4 Å². The predicted octanol–water partition coefficient (Wildman–Crippen LogP) is 10.3. The molecular weight excluding hydrogens is 699 g/mol. The van der Waals surface area contributed by atoms with Crippen LogP contribution in [0.25, 0.3) is 11.3 Å². The first kappa shape index (κ1) is 38.4. The van der Waals surface area contributed by atoms with E-state index in [1.807, 2.05) is 26.1 Å². The van der Waals surface area contributed by atoms with Gasteiger partial charge in [0.05, 0.1) is 35.2 Å². The van der Waals surface area contributed by atoms with Crippen LogP contribution >= 0.6 is 0 Å². The Bertz CT molecular complexity index is 1890. The lowest BCUT2D eigenvalue weighted by atomic mass is 9.32. The van der Waals surface area contributed by atoms with Gasteiger partial charge in [-0.25, -0.2) is 4.98 Å². The van der Waals surface area contributed by atoms with E-state index in [9.17, 15) is 14.7 Å². The number of carboxylic acid groups (broad SMARTS) is 1. The van der Waals surface area contributed by atoms with Gasteiger partial charge in [-0.05, 0) is 134 Å². The minimum absolute atomic E-state index is 0.0204. The average molecular weight is 766 g/mol. The van der Waals surface area contributed by atoms with E-state index in [4.69, 9.17) is 9.72 Å². The van der Waals surface area contributed by atoms with Gasteiger partial charge in [0.1, 0.15) is 11.9 Å². The van der Waals surface area contributed by atoms with Gasteiger partial charge in [0.15, 0.2) is 0 Å². The molecule has 9 rings (SSSR count). The average Bonchev–Trinajstić information content (AvgIpc) is 3.93. The van der Waals surface area contributed by atoms with E-state index in [2.05, 4.69) is 68.8 Å². The van der Waals surface area contributed by atoms with Crippen LogP contribution in [0.3, 0.4) is 0 Å². The van der Waals surface area contributed by atoms with Gasteiger partial charge < -0.3 is 19.7 Å². The highest BCUT2D eigenvalue weighted by molar-refractivity contribution is 5.84. The van der Waals surface area contributed by atoms with Crippen molar-refractivity contribution >= 4 is 17.8 Å². The lowest BCUT2D eigenvalue weighted by molar-refractivity contribution is -0.250. The maximum atomic E-state index is 15.2. The van der Waals surface area contributed by atoms with Gasteiger partial charge in [-0.2, -0.15) is 0 Å². The molecule has 0 spiro atoms. The lowest BCUT2D eigenvalue weighted by Crippen LogP contribution is -2.67. The fourth-order valence-electron chi connectivity index (χ4n) is 15.9. The number of likely N-dealkylation sites (tertiary alicyclic amines) is 1. The fraction of sp³-hybridized carbons (Fsp3) is 0.750. The number of rotatable bonds is 6. The summed E-state index contributed by atoms with van der Waals surface area (Å²) < 4.78 is 6.44. The Balaban J connectivity index is 0.928. The largest absolute Gasteiger partial charge is 0.481 e. The third kappa shape index (κ3) is 5.20. The molecule has 6 saturated carbocycles. The molecule has 0 bridgehead atoms. The van der Waals surface area contributed by atoms with Gasteiger partial charge in [0.25, 0.3) is 0 Å². The normalized spacial score (nSPS) is 43.4.